The molecule has 2 N–H and O–H groups in total. The summed E-state index contributed by atoms with van der Waals surface area (Å²) in [7, 11) is 1.79. The van der Waals surface area contributed by atoms with E-state index in [4.69, 9.17) is 4.74 Å². The van der Waals surface area contributed by atoms with Crippen LogP contribution < -0.4 is 10.6 Å². The number of fused-ring (bicyclic) bond motifs is 1. The number of nitrogens with one attached hydrogen (secondary N) is 2. The normalized spacial score (nSPS) is 13.2. The van der Waals surface area contributed by atoms with Gasteiger partial charge in [0, 0.05) is 38.3 Å². The molecule has 1 heterocycles. The monoisotopic (exact) mass is 342 g/mol. The van der Waals surface area contributed by atoms with Crippen molar-refractivity contribution in [2.75, 3.05) is 20.2 Å². The Morgan fingerprint density at radius 2 is 2.00 bits per heavy atom. The molecule has 136 valence electrons. The Labute approximate surface area is 150 Å². The third kappa shape index (κ3) is 5.71. The van der Waals surface area contributed by atoms with E-state index in [0.717, 1.165) is 31.0 Å². The molecule has 0 radical (unpaired) electrons. The number of hydrogen-bond acceptors (Lipinski definition) is 3. The molecule has 0 aliphatic rings. The molecule has 0 amide bonds. The second-order valence-corrected chi connectivity index (χ2v) is 6.37. The van der Waals surface area contributed by atoms with Gasteiger partial charge in [-0.15, -0.1) is 0 Å². The topological polar surface area (TPSA) is 58.5 Å². The molecule has 1 unspecified atom stereocenters. The molecule has 0 spiro atoms. The summed E-state index contributed by atoms with van der Waals surface area (Å²) >= 11 is 0. The van der Waals surface area contributed by atoms with Crippen molar-refractivity contribution in [2.45, 2.75) is 39.8 Å². The molecule has 0 bridgehead atoms. The molecule has 0 aliphatic carbocycles. The fraction of sp³-hybridized carbons (Fsp3) is 0.500. The van der Waals surface area contributed by atoms with Crippen LogP contribution in [0.3, 0.4) is 0 Å². The number of pyridine rings is 1. The first-order valence-corrected chi connectivity index (χ1v) is 9.04. The molecule has 5 nitrogen and oxygen atoms in total. The summed E-state index contributed by atoms with van der Waals surface area (Å²) in [6.45, 7) is 8.73. The number of hydrogen-bond donors (Lipinski definition) is 2. The number of aromatic nitrogens is 1. The Hall–Kier alpha value is -2.14. The van der Waals surface area contributed by atoms with Crippen LogP contribution in [0.1, 0.15) is 32.8 Å². The van der Waals surface area contributed by atoms with Crippen LogP contribution >= 0.6 is 0 Å². The van der Waals surface area contributed by atoms with Gasteiger partial charge >= 0.3 is 0 Å². The van der Waals surface area contributed by atoms with Crippen molar-refractivity contribution in [3.63, 3.8) is 0 Å². The van der Waals surface area contributed by atoms with Crippen LogP contribution in [-0.4, -0.2) is 37.2 Å². The van der Waals surface area contributed by atoms with Crippen LogP contribution in [-0.2, 0) is 11.3 Å². The maximum Gasteiger partial charge on any atom is 0.191 e. The van der Waals surface area contributed by atoms with E-state index in [0.29, 0.717) is 12.5 Å². The lowest BCUT2D eigenvalue weighted by Gasteiger charge is -2.21. The van der Waals surface area contributed by atoms with Gasteiger partial charge in [0.15, 0.2) is 5.96 Å². The van der Waals surface area contributed by atoms with E-state index in [1.807, 2.05) is 37.4 Å². The Morgan fingerprint density at radius 3 is 2.72 bits per heavy atom. The zero-order valence-corrected chi connectivity index (χ0v) is 15.7. The smallest absolute Gasteiger partial charge is 0.191 e. The molecule has 25 heavy (non-hydrogen) atoms. The van der Waals surface area contributed by atoms with Crippen LogP contribution in [0.2, 0.25) is 0 Å². The third-order valence-electron chi connectivity index (χ3n) is 4.25. The van der Waals surface area contributed by atoms with Crippen molar-refractivity contribution in [3.05, 3.63) is 42.1 Å². The Morgan fingerprint density at radius 1 is 1.20 bits per heavy atom. The highest BCUT2D eigenvalue weighted by Gasteiger charge is 2.13. The van der Waals surface area contributed by atoms with E-state index in [1.54, 1.807) is 7.05 Å². The molecule has 5 heteroatoms. The number of para-hydroxylation sites is 1. The maximum atomic E-state index is 5.79. The Balaban J connectivity index is 1.88. The summed E-state index contributed by atoms with van der Waals surface area (Å²) in [4.78, 5) is 8.71. The van der Waals surface area contributed by atoms with Gasteiger partial charge < -0.3 is 15.4 Å². The van der Waals surface area contributed by atoms with Gasteiger partial charge in [0.25, 0.3) is 0 Å². The van der Waals surface area contributed by atoms with Gasteiger partial charge in [-0.1, -0.05) is 32.0 Å². The number of nitrogens with zero attached hydrogens (tertiary/aromatic N) is 2. The average molecular weight is 342 g/mol. The summed E-state index contributed by atoms with van der Waals surface area (Å²) in [5.41, 5.74) is 2.23. The van der Waals surface area contributed by atoms with Crippen LogP contribution in [0.25, 0.3) is 10.9 Å². The largest absolute Gasteiger partial charge is 0.378 e. The summed E-state index contributed by atoms with van der Waals surface area (Å²) in [5.74, 6) is 1.32. The van der Waals surface area contributed by atoms with Crippen molar-refractivity contribution in [1.82, 2.24) is 15.6 Å². The van der Waals surface area contributed by atoms with Crippen LogP contribution in [0.15, 0.2) is 41.5 Å². The first-order chi connectivity index (χ1) is 12.2. The van der Waals surface area contributed by atoms with E-state index < -0.39 is 0 Å². The number of aliphatic imine (C=N–C) groups is 1. The molecule has 2 aromatic rings. The van der Waals surface area contributed by atoms with Crippen molar-refractivity contribution in [1.29, 1.82) is 0 Å². The van der Waals surface area contributed by atoms with E-state index in [1.165, 1.54) is 10.9 Å². The lowest BCUT2D eigenvalue weighted by atomic mass is 10.0. The van der Waals surface area contributed by atoms with Gasteiger partial charge in [-0.2, -0.15) is 0 Å². The molecule has 2 rings (SSSR count). The molecule has 0 fully saturated rings. The molecule has 1 aromatic heterocycles. The maximum absolute atomic E-state index is 5.79. The zero-order valence-electron chi connectivity index (χ0n) is 15.7. The highest BCUT2D eigenvalue weighted by Crippen LogP contribution is 2.15. The molecular formula is C20H30N4O. The Kier molecular flexibility index (Phi) is 7.67. The Bertz CT molecular complexity index is 679. The van der Waals surface area contributed by atoms with Crippen LogP contribution in [0.5, 0.6) is 0 Å². The van der Waals surface area contributed by atoms with Crippen LogP contribution in [0.4, 0.5) is 0 Å². The van der Waals surface area contributed by atoms with Gasteiger partial charge in [-0.25, -0.2) is 0 Å². The highest BCUT2D eigenvalue weighted by atomic mass is 16.5. The predicted octanol–water partition coefficient (Wildman–Crippen LogP) is 3.35. The van der Waals surface area contributed by atoms with Gasteiger partial charge in [0.2, 0.25) is 0 Å². The second-order valence-electron chi connectivity index (χ2n) is 6.37. The summed E-state index contributed by atoms with van der Waals surface area (Å²) in [5, 5.41) is 7.93. The second kappa shape index (κ2) is 9.99. The molecule has 0 aliphatic heterocycles. The summed E-state index contributed by atoms with van der Waals surface area (Å²) in [6, 6.07) is 10.2. The van der Waals surface area contributed by atoms with Gasteiger partial charge in [-0.3, -0.25) is 9.98 Å². The fourth-order valence-electron chi connectivity index (χ4n) is 2.86. The van der Waals surface area contributed by atoms with Crippen molar-refractivity contribution in [3.8, 4) is 0 Å². The lowest BCUT2D eigenvalue weighted by molar-refractivity contribution is 0.0258. The summed E-state index contributed by atoms with van der Waals surface area (Å²) < 4.78 is 5.79. The first-order valence-electron chi connectivity index (χ1n) is 9.04. The average Bonchev–Trinajstić information content (AvgIpc) is 2.63. The van der Waals surface area contributed by atoms with Crippen LogP contribution in [0, 0.1) is 5.92 Å². The van der Waals surface area contributed by atoms with Crippen molar-refractivity contribution >= 4 is 16.9 Å². The predicted molar refractivity (Wildman–Crippen MR) is 105 cm³/mol. The summed E-state index contributed by atoms with van der Waals surface area (Å²) in [6.07, 6.45) is 3.09. The minimum Gasteiger partial charge on any atom is -0.378 e. The quantitative estimate of drug-likeness (QED) is 0.570. The standard InChI is InChI=1S/C20H30N4O/c1-5-25-19(15(2)3)11-13-23-20(21-4)24-14-16-10-12-22-18-9-7-6-8-17(16)18/h6-10,12,15,19H,5,11,13-14H2,1-4H3,(H2,21,23,24). The number of guanidine groups is 1. The zero-order chi connectivity index (χ0) is 18.1. The van der Waals surface area contributed by atoms with E-state index >= 15 is 0 Å². The minimum atomic E-state index is 0.278. The highest BCUT2D eigenvalue weighted by molar-refractivity contribution is 5.83. The lowest BCUT2D eigenvalue weighted by Crippen LogP contribution is -2.39. The van der Waals surface area contributed by atoms with E-state index in [2.05, 4.69) is 40.5 Å². The first kappa shape index (κ1) is 19.2. The molecule has 0 saturated carbocycles. The van der Waals surface area contributed by atoms with Crippen molar-refractivity contribution in [2.24, 2.45) is 10.9 Å². The van der Waals surface area contributed by atoms with Crippen molar-refractivity contribution < 1.29 is 4.74 Å². The molecule has 1 atom stereocenters. The van der Waals surface area contributed by atoms with E-state index in [-0.39, 0.29) is 6.10 Å². The number of benzene rings is 1. The van der Waals surface area contributed by atoms with E-state index in [9.17, 15) is 0 Å². The SMILES string of the molecule is CCOC(CCNC(=NC)NCc1ccnc2ccccc12)C(C)C. The number of ether oxygens (including phenoxy) is 1. The molecule has 0 saturated heterocycles. The van der Waals surface area contributed by atoms with Gasteiger partial charge in [-0.05, 0) is 37.0 Å². The third-order valence-corrected chi connectivity index (χ3v) is 4.25. The number of rotatable bonds is 8. The fourth-order valence-corrected chi connectivity index (χ4v) is 2.86. The molecule has 1 aromatic carbocycles. The molecular weight excluding hydrogens is 312 g/mol. The van der Waals surface area contributed by atoms with Gasteiger partial charge in [0.05, 0.1) is 11.6 Å². The van der Waals surface area contributed by atoms with Gasteiger partial charge in [0.1, 0.15) is 0 Å². The minimum absolute atomic E-state index is 0.278.